The van der Waals surface area contributed by atoms with Gasteiger partial charge in [0.25, 0.3) is 0 Å². The molecule has 0 aromatic heterocycles. The molecule has 3 fully saturated rings. The number of amides is 12. The van der Waals surface area contributed by atoms with Crippen molar-refractivity contribution >= 4 is 71.3 Å². The molecular formula is C56H80N12O14. The van der Waals surface area contributed by atoms with E-state index in [-0.39, 0.29) is 32.5 Å². The lowest BCUT2D eigenvalue weighted by molar-refractivity contribution is -0.146. The minimum atomic E-state index is -1.52. The number of rotatable bonds is 6. The summed E-state index contributed by atoms with van der Waals surface area (Å²) >= 11 is 0. The summed E-state index contributed by atoms with van der Waals surface area (Å²) in [6.45, 7) is 4.78. The van der Waals surface area contributed by atoms with Gasteiger partial charge in [0.15, 0.2) is 0 Å². The number of benzene rings is 2. The third-order valence-corrected chi connectivity index (χ3v) is 14.2. The molecule has 0 spiro atoms. The van der Waals surface area contributed by atoms with E-state index in [1.165, 1.54) is 38.0 Å². The first-order chi connectivity index (χ1) is 38.8. The van der Waals surface area contributed by atoms with E-state index in [1.807, 2.05) is 0 Å². The van der Waals surface area contributed by atoms with Crippen LogP contribution >= 0.6 is 0 Å². The second kappa shape index (κ2) is 29.9. The quantitative estimate of drug-likeness (QED) is 0.222. The summed E-state index contributed by atoms with van der Waals surface area (Å²) < 4.78 is 10.9. The van der Waals surface area contributed by atoms with Crippen LogP contribution in [0, 0.1) is 5.92 Å². The van der Waals surface area contributed by atoms with E-state index in [9.17, 15) is 57.5 Å². The predicted octanol–water partition coefficient (Wildman–Crippen LogP) is 0.0148. The second-order valence-corrected chi connectivity index (χ2v) is 22.0. The van der Waals surface area contributed by atoms with Gasteiger partial charge in [-0.25, -0.2) is 9.59 Å². The first-order valence-corrected chi connectivity index (χ1v) is 27.5. The van der Waals surface area contributed by atoms with Gasteiger partial charge in [0.05, 0.1) is 26.2 Å². The standard InChI is InChI=1S/C56H80N12O14/c1-35(2)46-50(75)57-28-38(61-54(79)81-34-36-20-12-10-13-21-36)52(77)67-26-18-16-24-40(67)48(73)60-31-43(70)64(7)33-45(72)66(9)47(37-22-14-11-15-23-37)51(76)58-29-39(62-55(80)82-56(3,4)5)53(78)68-27-19-17-25-41(68)49(74)59-30-42(69)63(6)32-44(71)65(46)8/h10-15,20-23,35,38-41,46-47H,16-19,24-34H2,1-9H3,(H,57,75)(H,58,76)(H,59,74)(H,60,73)(H,61,79)(H,62,80)/t38-,39-,40+,41+,46+,47+/m1/s1. The van der Waals surface area contributed by atoms with E-state index in [2.05, 4.69) is 31.9 Å². The van der Waals surface area contributed by atoms with Crippen molar-refractivity contribution < 1.29 is 67.0 Å². The molecule has 0 radical (unpaired) electrons. The molecule has 2 aromatic rings. The van der Waals surface area contributed by atoms with Gasteiger partial charge >= 0.3 is 12.2 Å². The number of nitrogens with one attached hydrogen (secondary N) is 6. The molecular weight excluding hydrogens is 1060 g/mol. The van der Waals surface area contributed by atoms with Gasteiger partial charge in [0.2, 0.25) is 59.1 Å². The summed E-state index contributed by atoms with van der Waals surface area (Å²) in [4.78, 5) is 174. The van der Waals surface area contributed by atoms with Crippen molar-refractivity contribution in [2.75, 3.05) is 80.5 Å². The number of nitrogens with zero attached hydrogens (tertiary/aromatic N) is 6. The molecule has 12 amide bonds. The van der Waals surface area contributed by atoms with Gasteiger partial charge in [-0.05, 0) is 76.3 Å². The van der Waals surface area contributed by atoms with Gasteiger partial charge in [0.1, 0.15) is 48.5 Å². The van der Waals surface area contributed by atoms with Crippen molar-refractivity contribution in [2.24, 2.45) is 5.92 Å². The molecule has 3 aliphatic heterocycles. The zero-order valence-corrected chi connectivity index (χ0v) is 48.3. The molecule has 0 saturated carbocycles. The molecule has 5 rings (SSSR count). The lowest BCUT2D eigenvalue weighted by atomic mass is 9.99. The summed E-state index contributed by atoms with van der Waals surface area (Å²) in [6.07, 6.45) is 0.301. The summed E-state index contributed by atoms with van der Waals surface area (Å²) in [6, 6.07) is 9.09. The van der Waals surface area contributed by atoms with E-state index < -0.39 is 158 Å². The Bertz CT molecular complexity index is 2640. The Hall–Kier alpha value is -8.32. The third-order valence-electron chi connectivity index (χ3n) is 14.2. The Labute approximate surface area is 478 Å². The number of hydrogen-bond acceptors (Lipinski definition) is 14. The number of piperidine rings is 2. The first kappa shape index (κ1) is 64.5. The van der Waals surface area contributed by atoms with Gasteiger partial charge in [-0.2, -0.15) is 0 Å². The smallest absolute Gasteiger partial charge is 0.408 e. The van der Waals surface area contributed by atoms with Gasteiger partial charge < -0.3 is 70.8 Å². The van der Waals surface area contributed by atoms with Crippen LogP contribution < -0.4 is 31.9 Å². The van der Waals surface area contributed by atoms with Crippen LogP contribution in [-0.4, -0.2) is 217 Å². The van der Waals surface area contributed by atoms with Crippen molar-refractivity contribution in [2.45, 2.75) is 122 Å². The van der Waals surface area contributed by atoms with Gasteiger partial charge in [0, 0.05) is 54.4 Å². The van der Waals surface area contributed by atoms with Crippen molar-refractivity contribution in [1.29, 1.82) is 0 Å². The lowest BCUT2D eigenvalue weighted by Gasteiger charge is -2.37. The molecule has 0 aliphatic carbocycles. The van der Waals surface area contributed by atoms with Gasteiger partial charge in [-0.15, -0.1) is 0 Å². The number of ether oxygens (including phenoxy) is 2. The topological polar surface area (TPSA) is 315 Å². The summed E-state index contributed by atoms with van der Waals surface area (Å²) in [7, 11) is 5.36. The number of carbonyl (C=O) groups is 12. The Morgan fingerprint density at radius 2 is 1.02 bits per heavy atom. The summed E-state index contributed by atoms with van der Waals surface area (Å²) in [5, 5.41) is 15.6. The van der Waals surface area contributed by atoms with Gasteiger partial charge in [-0.3, -0.25) is 47.9 Å². The number of carbonyl (C=O) groups excluding carboxylic acids is 12. The normalized spacial score (nSPS) is 23.7. The Morgan fingerprint density at radius 3 is 1.50 bits per heavy atom. The zero-order valence-electron chi connectivity index (χ0n) is 48.3. The third kappa shape index (κ3) is 18.4. The Balaban J connectivity index is 1.46. The fourth-order valence-corrected chi connectivity index (χ4v) is 9.75. The minimum Gasteiger partial charge on any atom is -0.445 e. The van der Waals surface area contributed by atoms with Gasteiger partial charge in [-0.1, -0.05) is 74.5 Å². The number of hydrogen-bond donors (Lipinski definition) is 6. The summed E-state index contributed by atoms with van der Waals surface area (Å²) in [5.41, 5.74) is -0.0107. The minimum absolute atomic E-state index is 0.0598. The molecule has 3 saturated heterocycles. The SMILES string of the molecule is CC(C)[C@H]1C(=O)NC[C@@H](NC(=O)OCc2ccccc2)C(=O)N2CCCC[C@H]2C(=O)NCC(=O)N(C)CC(=O)N(C)[C@@H](c2ccccc2)C(=O)NC[C@@H](NC(=O)OC(C)(C)C)C(=O)N2CCCC[C@H]2C(=O)NCC(=O)N(C)CC(=O)N1C. The van der Waals surface area contributed by atoms with Crippen molar-refractivity contribution in [3.05, 3.63) is 71.8 Å². The molecule has 3 heterocycles. The lowest BCUT2D eigenvalue weighted by Crippen LogP contribution is -2.61. The molecule has 448 valence electrons. The average Bonchev–Trinajstić information content (AvgIpc) is 3.52. The molecule has 0 unspecified atom stereocenters. The van der Waals surface area contributed by atoms with Crippen molar-refractivity contribution in [1.82, 2.24) is 61.3 Å². The van der Waals surface area contributed by atoms with Crippen LogP contribution in [0.4, 0.5) is 9.59 Å². The highest BCUT2D eigenvalue weighted by atomic mass is 16.6. The number of alkyl carbamates (subject to hydrolysis) is 2. The van der Waals surface area contributed by atoms with E-state index in [0.717, 1.165) is 19.6 Å². The monoisotopic (exact) mass is 1140 g/mol. The van der Waals surface area contributed by atoms with Crippen LogP contribution in [0.3, 0.4) is 0 Å². The molecule has 6 N–H and O–H groups in total. The highest BCUT2D eigenvalue weighted by molar-refractivity contribution is 5.97. The van der Waals surface area contributed by atoms with Crippen LogP contribution in [0.5, 0.6) is 0 Å². The fraction of sp³-hybridized carbons (Fsp3) is 0.571. The predicted molar refractivity (Wildman–Crippen MR) is 296 cm³/mol. The molecule has 26 nitrogen and oxygen atoms in total. The largest absolute Gasteiger partial charge is 0.445 e. The zero-order chi connectivity index (χ0) is 60.4. The van der Waals surface area contributed by atoms with E-state index >= 15 is 0 Å². The maximum Gasteiger partial charge on any atom is 0.408 e. The van der Waals surface area contributed by atoms with E-state index in [4.69, 9.17) is 9.47 Å². The second-order valence-electron chi connectivity index (χ2n) is 22.0. The maximum absolute atomic E-state index is 14.6. The first-order valence-electron chi connectivity index (χ1n) is 27.5. The number of fused-ring (bicyclic) bond motifs is 2. The molecule has 82 heavy (non-hydrogen) atoms. The van der Waals surface area contributed by atoms with Crippen LogP contribution in [0.15, 0.2) is 60.7 Å². The van der Waals surface area contributed by atoms with Crippen LogP contribution in [0.1, 0.15) is 90.3 Å². The molecule has 3 aliphatic rings. The highest BCUT2D eigenvalue weighted by Crippen LogP contribution is 2.23. The summed E-state index contributed by atoms with van der Waals surface area (Å²) in [5.74, 6) is -7.75. The Kier molecular flexibility index (Phi) is 23.6. The fourth-order valence-electron chi connectivity index (χ4n) is 9.75. The molecule has 0 bridgehead atoms. The molecule has 6 atom stereocenters. The molecule has 26 heteroatoms. The maximum atomic E-state index is 14.6. The van der Waals surface area contributed by atoms with Crippen LogP contribution in [0.2, 0.25) is 0 Å². The van der Waals surface area contributed by atoms with Crippen molar-refractivity contribution in [3.8, 4) is 0 Å². The van der Waals surface area contributed by atoms with E-state index in [0.29, 0.717) is 36.8 Å². The van der Waals surface area contributed by atoms with E-state index in [1.54, 1.807) is 95.3 Å². The van der Waals surface area contributed by atoms with Crippen LogP contribution in [0.25, 0.3) is 0 Å². The Morgan fingerprint density at radius 1 is 0.573 bits per heavy atom. The van der Waals surface area contributed by atoms with Crippen molar-refractivity contribution in [3.63, 3.8) is 0 Å². The highest BCUT2D eigenvalue weighted by Gasteiger charge is 2.41. The average molecular weight is 1150 g/mol. The molecule has 2 aromatic carbocycles. The van der Waals surface area contributed by atoms with Crippen LogP contribution in [-0.2, 0) is 64.0 Å². The number of likely N-dealkylation sites (N-methyl/N-ethyl adjacent to an activating group) is 4.